The van der Waals surface area contributed by atoms with E-state index in [1.165, 1.54) is 0 Å². The molecule has 0 atom stereocenters. The summed E-state index contributed by atoms with van der Waals surface area (Å²) >= 11 is 0. The Kier molecular flexibility index (Phi) is 2.79. The number of carbonyl (C=O) groups excluding carboxylic acids is 1. The zero-order chi connectivity index (χ0) is 11.4. The summed E-state index contributed by atoms with van der Waals surface area (Å²) in [6.07, 6.45) is 1.59. The van der Waals surface area contributed by atoms with E-state index in [-0.39, 0.29) is 12.5 Å². The van der Waals surface area contributed by atoms with Gasteiger partial charge in [-0.3, -0.25) is 9.78 Å². The standard InChI is InChI=1S/C12H9N3O/c13-6-8-15-12(16)11-10-4-2-1-3-9(10)5-7-14-11/h1-5,7H,8H2,(H,15,16). The number of carbonyl (C=O) groups is 1. The summed E-state index contributed by atoms with van der Waals surface area (Å²) in [7, 11) is 0. The van der Waals surface area contributed by atoms with Crippen molar-refractivity contribution in [2.24, 2.45) is 0 Å². The van der Waals surface area contributed by atoms with Gasteiger partial charge in [0.2, 0.25) is 0 Å². The maximum Gasteiger partial charge on any atom is 0.271 e. The molecule has 0 saturated heterocycles. The second-order valence-corrected chi connectivity index (χ2v) is 3.22. The van der Waals surface area contributed by atoms with E-state index in [4.69, 9.17) is 5.26 Å². The number of amides is 1. The lowest BCUT2D eigenvalue weighted by Crippen LogP contribution is -2.24. The van der Waals surface area contributed by atoms with Gasteiger partial charge in [0, 0.05) is 11.6 Å². The number of fused-ring (bicyclic) bond motifs is 1. The van der Waals surface area contributed by atoms with Crippen molar-refractivity contribution in [3.8, 4) is 6.07 Å². The molecule has 0 radical (unpaired) electrons. The van der Waals surface area contributed by atoms with Crippen molar-refractivity contribution >= 4 is 16.7 Å². The zero-order valence-corrected chi connectivity index (χ0v) is 8.47. The minimum Gasteiger partial charge on any atom is -0.338 e. The Morgan fingerprint density at radius 3 is 3.00 bits per heavy atom. The molecule has 0 unspecified atom stereocenters. The fourth-order valence-corrected chi connectivity index (χ4v) is 1.50. The summed E-state index contributed by atoms with van der Waals surface area (Å²) in [5.41, 5.74) is 0.355. The smallest absolute Gasteiger partial charge is 0.271 e. The summed E-state index contributed by atoms with van der Waals surface area (Å²) in [6, 6.07) is 11.2. The molecule has 1 amide bonds. The average molecular weight is 211 g/mol. The van der Waals surface area contributed by atoms with Crippen LogP contribution in [0.2, 0.25) is 0 Å². The highest BCUT2D eigenvalue weighted by atomic mass is 16.1. The molecule has 2 rings (SSSR count). The minimum atomic E-state index is -0.321. The molecule has 1 heterocycles. The van der Waals surface area contributed by atoms with Gasteiger partial charge < -0.3 is 5.32 Å². The minimum absolute atomic E-state index is 0.0102. The van der Waals surface area contributed by atoms with Crippen LogP contribution >= 0.6 is 0 Å². The first-order valence-electron chi connectivity index (χ1n) is 4.82. The van der Waals surface area contributed by atoms with E-state index in [1.54, 1.807) is 6.20 Å². The first kappa shape index (κ1) is 10.1. The highest BCUT2D eigenvalue weighted by Gasteiger charge is 2.09. The van der Waals surface area contributed by atoms with Gasteiger partial charge in [-0.2, -0.15) is 5.26 Å². The van der Waals surface area contributed by atoms with Crippen LogP contribution in [0.3, 0.4) is 0 Å². The van der Waals surface area contributed by atoms with Crippen LogP contribution < -0.4 is 5.32 Å². The Balaban J connectivity index is 2.45. The normalized spacial score (nSPS) is 9.69. The van der Waals surface area contributed by atoms with E-state index < -0.39 is 0 Å². The second-order valence-electron chi connectivity index (χ2n) is 3.22. The Labute approximate surface area is 92.5 Å². The molecule has 0 aliphatic carbocycles. The molecule has 0 aliphatic heterocycles. The number of hydrogen-bond acceptors (Lipinski definition) is 3. The molecule has 2 aromatic rings. The van der Waals surface area contributed by atoms with Gasteiger partial charge >= 0.3 is 0 Å². The van der Waals surface area contributed by atoms with Crippen molar-refractivity contribution in [2.45, 2.75) is 0 Å². The maximum atomic E-state index is 11.7. The van der Waals surface area contributed by atoms with Crippen LogP contribution in [0.25, 0.3) is 10.8 Å². The SMILES string of the molecule is N#CCNC(=O)c1nccc2ccccc12. The van der Waals surface area contributed by atoms with E-state index in [0.717, 1.165) is 10.8 Å². The van der Waals surface area contributed by atoms with Crippen molar-refractivity contribution in [3.63, 3.8) is 0 Å². The van der Waals surface area contributed by atoms with E-state index in [1.807, 2.05) is 36.4 Å². The number of nitrogens with zero attached hydrogens (tertiary/aromatic N) is 2. The summed E-state index contributed by atoms with van der Waals surface area (Å²) in [4.78, 5) is 15.7. The van der Waals surface area contributed by atoms with Gasteiger partial charge in [-0.05, 0) is 11.5 Å². The monoisotopic (exact) mass is 211 g/mol. The first-order valence-corrected chi connectivity index (χ1v) is 4.82. The molecule has 0 fully saturated rings. The predicted octanol–water partition coefficient (Wildman–Crippen LogP) is 1.49. The average Bonchev–Trinajstić information content (AvgIpc) is 2.35. The van der Waals surface area contributed by atoms with E-state index in [0.29, 0.717) is 5.69 Å². The fourth-order valence-electron chi connectivity index (χ4n) is 1.50. The number of rotatable bonds is 2. The van der Waals surface area contributed by atoms with Crippen molar-refractivity contribution < 1.29 is 4.79 Å². The number of nitriles is 1. The van der Waals surface area contributed by atoms with Crippen LogP contribution in [0.1, 0.15) is 10.5 Å². The highest BCUT2D eigenvalue weighted by Crippen LogP contribution is 2.15. The van der Waals surface area contributed by atoms with Crippen molar-refractivity contribution in [1.29, 1.82) is 5.26 Å². The van der Waals surface area contributed by atoms with E-state index in [9.17, 15) is 4.79 Å². The van der Waals surface area contributed by atoms with Crippen molar-refractivity contribution in [1.82, 2.24) is 10.3 Å². The molecule has 0 saturated carbocycles. The second kappa shape index (κ2) is 4.41. The Morgan fingerprint density at radius 1 is 1.38 bits per heavy atom. The molecular weight excluding hydrogens is 202 g/mol. The molecule has 4 nitrogen and oxygen atoms in total. The van der Waals surface area contributed by atoms with Crippen LogP contribution in [0.5, 0.6) is 0 Å². The predicted molar refractivity (Wildman–Crippen MR) is 59.7 cm³/mol. The molecule has 16 heavy (non-hydrogen) atoms. The third-order valence-electron chi connectivity index (χ3n) is 2.22. The van der Waals surface area contributed by atoms with Crippen LogP contribution in [0.4, 0.5) is 0 Å². The summed E-state index contributed by atoms with van der Waals surface area (Å²) < 4.78 is 0. The van der Waals surface area contributed by atoms with Gasteiger partial charge in [-0.1, -0.05) is 24.3 Å². The largest absolute Gasteiger partial charge is 0.338 e. The lowest BCUT2D eigenvalue weighted by molar-refractivity contribution is 0.0955. The third-order valence-corrected chi connectivity index (χ3v) is 2.22. The highest BCUT2D eigenvalue weighted by molar-refractivity contribution is 6.05. The quantitative estimate of drug-likeness (QED) is 0.765. The van der Waals surface area contributed by atoms with Gasteiger partial charge in [0.1, 0.15) is 12.2 Å². The Bertz CT molecular complexity index is 566. The summed E-state index contributed by atoms with van der Waals surface area (Å²) in [6.45, 7) is -0.0102. The number of aromatic nitrogens is 1. The van der Waals surface area contributed by atoms with E-state index in [2.05, 4.69) is 10.3 Å². The Hall–Kier alpha value is -2.41. The molecular formula is C12H9N3O. The first-order chi connectivity index (χ1) is 7.83. The molecule has 0 bridgehead atoms. The van der Waals surface area contributed by atoms with Gasteiger partial charge in [-0.15, -0.1) is 0 Å². The number of benzene rings is 1. The van der Waals surface area contributed by atoms with Crippen LogP contribution in [-0.4, -0.2) is 17.4 Å². The van der Waals surface area contributed by atoms with Crippen molar-refractivity contribution in [2.75, 3.05) is 6.54 Å². The van der Waals surface area contributed by atoms with Crippen molar-refractivity contribution in [3.05, 3.63) is 42.2 Å². The molecule has 4 heteroatoms. The van der Waals surface area contributed by atoms with Gasteiger partial charge in [0.25, 0.3) is 5.91 Å². The Morgan fingerprint density at radius 2 is 2.19 bits per heavy atom. The van der Waals surface area contributed by atoms with Gasteiger partial charge in [0.05, 0.1) is 6.07 Å². The number of nitrogens with one attached hydrogen (secondary N) is 1. The molecule has 1 aromatic carbocycles. The van der Waals surface area contributed by atoms with Crippen LogP contribution in [0.15, 0.2) is 36.5 Å². The molecule has 0 aliphatic rings. The third kappa shape index (κ3) is 1.84. The number of pyridine rings is 1. The van der Waals surface area contributed by atoms with Gasteiger partial charge in [-0.25, -0.2) is 0 Å². The summed E-state index contributed by atoms with van der Waals surface area (Å²) in [5.74, 6) is -0.321. The van der Waals surface area contributed by atoms with E-state index >= 15 is 0 Å². The van der Waals surface area contributed by atoms with Gasteiger partial charge in [0.15, 0.2) is 0 Å². The number of hydrogen-bond donors (Lipinski definition) is 1. The lowest BCUT2D eigenvalue weighted by Gasteiger charge is -2.04. The molecule has 1 aromatic heterocycles. The molecule has 1 N–H and O–H groups in total. The zero-order valence-electron chi connectivity index (χ0n) is 8.47. The van der Waals surface area contributed by atoms with Crippen LogP contribution in [0, 0.1) is 11.3 Å². The summed E-state index contributed by atoms with van der Waals surface area (Å²) in [5, 5.41) is 12.6. The molecule has 78 valence electrons. The maximum absolute atomic E-state index is 11.7. The lowest BCUT2D eigenvalue weighted by atomic mass is 10.1. The topological polar surface area (TPSA) is 65.8 Å². The molecule has 0 spiro atoms. The fraction of sp³-hybridized carbons (Fsp3) is 0.0833. The van der Waals surface area contributed by atoms with Crippen LogP contribution in [-0.2, 0) is 0 Å².